The maximum atomic E-state index is 14.0. The fourth-order valence-electron chi connectivity index (χ4n) is 2.44. The molecule has 1 heterocycles. The highest BCUT2D eigenvalue weighted by molar-refractivity contribution is 7.22. The molecule has 3 rings (SSSR count). The molecule has 0 unspecified atom stereocenters. The smallest absolute Gasteiger partial charge is 0.266 e. The SMILES string of the molecule is CN(C)CCN(C(=O)COc1ccc(F)cc1)c1nc2c(F)cc(F)cc2s1.Cl. The Balaban J connectivity index is 0.00000300. The first-order valence-electron chi connectivity index (χ1n) is 8.42. The molecule has 0 aliphatic heterocycles. The van der Waals surface area contributed by atoms with Crippen LogP contribution in [-0.2, 0) is 4.79 Å². The molecule has 0 saturated heterocycles. The molecular formula is C19H19ClF3N3O2S. The lowest BCUT2D eigenvalue weighted by Gasteiger charge is -2.22. The maximum absolute atomic E-state index is 14.0. The minimum absolute atomic E-state index is 0. The largest absolute Gasteiger partial charge is 0.484 e. The normalized spacial score (nSPS) is 10.8. The molecule has 0 N–H and O–H groups in total. The summed E-state index contributed by atoms with van der Waals surface area (Å²) in [7, 11) is 3.70. The predicted octanol–water partition coefficient (Wildman–Crippen LogP) is 4.11. The van der Waals surface area contributed by atoms with Crippen molar-refractivity contribution < 1.29 is 22.7 Å². The summed E-state index contributed by atoms with van der Waals surface area (Å²) >= 11 is 1.03. The number of hydrogen-bond donors (Lipinski definition) is 0. The Morgan fingerprint density at radius 3 is 2.41 bits per heavy atom. The lowest BCUT2D eigenvalue weighted by atomic mass is 10.3. The molecule has 156 valence electrons. The second-order valence-corrected chi connectivity index (χ2v) is 7.33. The van der Waals surface area contributed by atoms with Crippen LogP contribution in [0.4, 0.5) is 18.3 Å². The number of benzene rings is 2. The number of rotatable bonds is 7. The molecule has 0 aliphatic carbocycles. The fraction of sp³-hybridized carbons (Fsp3) is 0.263. The van der Waals surface area contributed by atoms with Crippen LogP contribution in [0.25, 0.3) is 10.2 Å². The molecule has 3 aromatic rings. The number of anilines is 1. The van der Waals surface area contributed by atoms with Gasteiger partial charge in [-0.05, 0) is 44.4 Å². The Hall–Kier alpha value is -2.36. The van der Waals surface area contributed by atoms with Crippen LogP contribution in [0, 0.1) is 17.5 Å². The van der Waals surface area contributed by atoms with E-state index in [9.17, 15) is 18.0 Å². The second kappa shape index (κ2) is 9.91. The van der Waals surface area contributed by atoms with Gasteiger partial charge in [0.2, 0.25) is 0 Å². The van der Waals surface area contributed by atoms with Gasteiger partial charge < -0.3 is 9.64 Å². The Kier molecular flexibility index (Phi) is 7.83. The Bertz CT molecular complexity index is 983. The zero-order valence-electron chi connectivity index (χ0n) is 15.7. The number of carbonyl (C=O) groups is 1. The van der Waals surface area contributed by atoms with Crippen molar-refractivity contribution in [2.24, 2.45) is 0 Å². The summed E-state index contributed by atoms with van der Waals surface area (Å²) in [5.41, 5.74) is 0.0171. The standard InChI is InChI=1S/C19H18F3N3O2S.ClH/c1-24(2)7-8-25(17(26)11-27-14-5-3-12(20)4-6-14)19-23-18-15(22)9-13(21)10-16(18)28-19;/h3-6,9-10H,7-8,11H2,1-2H3;1H. The first-order valence-corrected chi connectivity index (χ1v) is 9.24. The van der Waals surface area contributed by atoms with Crippen LogP contribution in [-0.4, -0.2) is 49.6 Å². The summed E-state index contributed by atoms with van der Waals surface area (Å²) in [4.78, 5) is 20.2. The predicted molar refractivity (Wildman–Crippen MR) is 110 cm³/mol. The van der Waals surface area contributed by atoms with Crippen molar-refractivity contribution in [3.63, 3.8) is 0 Å². The molecule has 0 bridgehead atoms. The van der Waals surface area contributed by atoms with Gasteiger partial charge >= 0.3 is 0 Å². The van der Waals surface area contributed by atoms with Crippen molar-refractivity contribution >= 4 is 45.0 Å². The number of amides is 1. The topological polar surface area (TPSA) is 45.7 Å². The molecule has 29 heavy (non-hydrogen) atoms. The Labute approximate surface area is 176 Å². The third kappa shape index (κ3) is 5.81. The molecule has 2 aromatic carbocycles. The molecule has 0 aliphatic rings. The van der Waals surface area contributed by atoms with Gasteiger partial charge in [-0.1, -0.05) is 11.3 Å². The van der Waals surface area contributed by atoms with E-state index in [1.165, 1.54) is 35.2 Å². The minimum Gasteiger partial charge on any atom is -0.484 e. The number of likely N-dealkylation sites (N-methyl/N-ethyl adjacent to an activating group) is 1. The first-order chi connectivity index (χ1) is 13.3. The summed E-state index contributed by atoms with van der Waals surface area (Å²) in [6, 6.07) is 7.24. The molecule has 0 radical (unpaired) electrons. The Morgan fingerprint density at radius 2 is 1.76 bits per heavy atom. The number of ether oxygens (including phenoxy) is 1. The summed E-state index contributed by atoms with van der Waals surface area (Å²) < 4.78 is 46.1. The highest BCUT2D eigenvalue weighted by Gasteiger charge is 2.22. The lowest BCUT2D eigenvalue weighted by molar-refractivity contribution is -0.120. The molecule has 1 aromatic heterocycles. The van der Waals surface area contributed by atoms with Crippen molar-refractivity contribution in [1.82, 2.24) is 9.88 Å². The van der Waals surface area contributed by atoms with E-state index in [1.807, 2.05) is 19.0 Å². The van der Waals surface area contributed by atoms with Gasteiger partial charge in [0.25, 0.3) is 5.91 Å². The van der Waals surface area contributed by atoms with Gasteiger partial charge in [0.15, 0.2) is 17.6 Å². The number of aromatic nitrogens is 1. The van der Waals surface area contributed by atoms with Crippen LogP contribution in [0.3, 0.4) is 0 Å². The summed E-state index contributed by atoms with van der Waals surface area (Å²) in [6.45, 7) is 0.531. The quantitative estimate of drug-likeness (QED) is 0.549. The van der Waals surface area contributed by atoms with Crippen molar-refractivity contribution in [3.8, 4) is 5.75 Å². The molecule has 0 atom stereocenters. The molecule has 1 amide bonds. The van der Waals surface area contributed by atoms with Crippen molar-refractivity contribution in [3.05, 3.63) is 53.8 Å². The van der Waals surface area contributed by atoms with Crippen LogP contribution in [0.1, 0.15) is 0 Å². The number of nitrogens with zero attached hydrogens (tertiary/aromatic N) is 3. The molecule has 5 nitrogen and oxygen atoms in total. The number of fused-ring (bicyclic) bond motifs is 1. The number of halogens is 4. The van der Waals surface area contributed by atoms with Gasteiger partial charge in [0.05, 0.1) is 4.70 Å². The van der Waals surface area contributed by atoms with Crippen molar-refractivity contribution in [1.29, 1.82) is 0 Å². The monoisotopic (exact) mass is 445 g/mol. The van der Waals surface area contributed by atoms with Crippen LogP contribution < -0.4 is 9.64 Å². The summed E-state index contributed by atoms with van der Waals surface area (Å²) in [5, 5.41) is 0.258. The van der Waals surface area contributed by atoms with Gasteiger partial charge in [-0.2, -0.15) is 0 Å². The third-order valence-corrected chi connectivity index (χ3v) is 4.91. The van der Waals surface area contributed by atoms with Crippen LogP contribution in [0.5, 0.6) is 5.75 Å². The zero-order valence-corrected chi connectivity index (χ0v) is 17.3. The van der Waals surface area contributed by atoms with E-state index in [0.29, 0.717) is 23.5 Å². The minimum atomic E-state index is -0.778. The van der Waals surface area contributed by atoms with E-state index in [-0.39, 0.29) is 29.7 Å². The van der Waals surface area contributed by atoms with E-state index in [2.05, 4.69) is 4.98 Å². The second-order valence-electron chi connectivity index (χ2n) is 6.32. The molecule has 0 fully saturated rings. The van der Waals surface area contributed by atoms with E-state index >= 15 is 0 Å². The van der Waals surface area contributed by atoms with E-state index < -0.39 is 23.4 Å². The average Bonchev–Trinajstić information content (AvgIpc) is 3.05. The highest BCUT2D eigenvalue weighted by Crippen LogP contribution is 2.31. The molecular weight excluding hydrogens is 427 g/mol. The van der Waals surface area contributed by atoms with E-state index in [4.69, 9.17) is 4.74 Å². The number of thiazole rings is 1. The lowest BCUT2D eigenvalue weighted by Crippen LogP contribution is -2.39. The van der Waals surface area contributed by atoms with Crippen LogP contribution in [0.15, 0.2) is 36.4 Å². The highest BCUT2D eigenvalue weighted by atomic mass is 35.5. The Morgan fingerprint density at radius 1 is 1.07 bits per heavy atom. The molecule has 10 heteroatoms. The zero-order chi connectivity index (χ0) is 20.3. The van der Waals surface area contributed by atoms with Crippen LogP contribution >= 0.6 is 23.7 Å². The number of hydrogen-bond acceptors (Lipinski definition) is 5. The van der Waals surface area contributed by atoms with Gasteiger partial charge in [0.1, 0.15) is 22.9 Å². The fourth-order valence-corrected chi connectivity index (χ4v) is 3.49. The van der Waals surface area contributed by atoms with E-state index in [0.717, 1.165) is 17.4 Å². The average molecular weight is 446 g/mol. The van der Waals surface area contributed by atoms with Gasteiger partial charge in [-0.25, -0.2) is 18.2 Å². The molecule has 0 spiro atoms. The number of carbonyl (C=O) groups excluding carboxylic acids is 1. The molecule has 0 saturated carbocycles. The first kappa shape index (κ1) is 22.9. The van der Waals surface area contributed by atoms with Gasteiger partial charge in [-0.3, -0.25) is 9.69 Å². The van der Waals surface area contributed by atoms with Crippen molar-refractivity contribution in [2.75, 3.05) is 38.7 Å². The summed E-state index contributed by atoms with van der Waals surface area (Å²) in [5.74, 6) is -1.94. The summed E-state index contributed by atoms with van der Waals surface area (Å²) in [6.07, 6.45) is 0. The van der Waals surface area contributed by atoms with Gasteiger partial charge in [-0.15, -0.1) is 12.4 Å². The van der Waals surface area contributed by atoms with E-state index in [1.54, 1.807) is 0 Å². The van der Waals surface area contributed by atoms with Crippen molar-refractivity contribution in [2.45, 2.75) is 0 Å². The third-order valence-electron chi connectivity index (χ3n) is 3.88. The van der Waals surface area contributed by atoms with Crippen LogP contribution in [0.2, 0.25) is 0 Å². The van der Waals surface area contributed by atoms with Gasteiger partial charge in [0, 0.05) is 19.2 Å². The maximum Gasteiger partial charge on any atom is 0.266 e.